The normalized spacial score (nSPS) is 14.9. The fraction of sp³-hybridized carbons (Fsp3) is 0.381. The van der Waals surface area contributed by atoms with Crippen LogP contribution in [0, 0.1) is 12.7 Å². The Morgan fingerprint density at radius 1 is 1.19 bits per heavy atom. The first-order chi connectivity index (χ1) is 13.0. The summed E-state index contributed by atoms with van der Waals surface area (Å²) in [7, 11) is 1.59. The van der Waals surface area contributed by atoms with Crippen molar-refractivity contribution in [2.24, 2.45) is 0 Å². The lowest BCUT2D eigenvalue weighted by Gasteiger charge is -2.32. The van der Waals surface area contributed by atoms with Gasteiger partial charge in [0, 0.05) is 0 Å². The second-order valence-corrected chi connectivity index (χ2v) is 6.87. The van der Waals surface area contributed by atoms with Gasteiger partial charge in [-0.05, 0) is 42.8 Å². The van der Waals surface area contributed by atoms with E-state index in [4.69, 9.17) is 9.47 Å². The van der Waals surface area contributed by atoms with E-state index in [0.29, 0.717) is 31.1 Å². The zero-order valence-corrected chi connectivity index (χ0v) is 15.8. The van der Waals surface area contributed by atoms with E-state index in [1.807, 2.05) is 36.1 Å². The summed E-state index contributed by atoms with van der Waals surface area (Å²) in [6, 6.07) is 12.3. The molecule has 0 saturated carbocycles. The number of ether oxygens (including phenoxy) is 2. The molecule has 0 atom stereocenters. The number of halogens is 1. The molecule has 6 heteroatoms. The fourth-order valence-electron chi connectivity index (χ4n) is 3.35. The van der Waals surface area contributed by atoms with Gasteiger partial charge < -0.3 is 19.3 Å². The van der Waals surface area contributed by atoms with Crippen molar-refractivity contribution in [1.82, 2.24) is 4.90 Å². The van der Waals surface area contributed by atoms with Gasteiger partial charge in [0.15, 0.2) is 6.61 Å². The molecule has 1 saturated heterocycles. The number of hydrogen-bond acceptors (Lipinski definition) is 3. The molecule has 0 aliphatic carbocycles. The SMILES string of the molecule is COc1ccc(F)cc1C[NH+]1CCN(C(=O)COc2cccc(C)c2)CC1. The number of amides is 1. The van der Waals surface area contributed by atoms with E-state index in [1.165, 1.54) is 17.0 Å². The molecule has 27 heavy (non-hydrogen) atoms. The molecule has 1 heterocycles. The molecule has 1 aliphatic heterocycles. The van der Waals surface area contributed by atoms with Crippen LogP contribution in [-0.2, 0) is 11.3 Å². The molecular weight excluding hydrogens is 347 g/mol. The number of carbonyl (C=O) groups excluding carboxylic acids is 1. The van der Waals surface area contributed by atoms with E-state index >= 15 is 0 Å². The topological polar surface area (TPSA) is 43.2 Å². The lowest BCUT2D eigenvalue weighted by molar-refractivity contribution is -0.917. The first kappa shape index (κ1) is 19.2. The molecule has 0 unspecified atom stereocenters. The highest BCUT2D eigenvalue weighted by molar-refractivity contribution is 5.77. The maximum atomic E-state index is 13.5. The van der Waals surface area contributed by atoms with Gasteiger partial charge in [-0.25, -0.2) is 4.39 Å². The molecule has 0 aromatic heterocycles. The van der Waals surface area contributed by atoms with E-state index < -0.39 is 0 Å². The van der Waals surface area contributed by atoms with Crippen molar-refractivity contribution in [2.45, 2.75) is 13.5 Å². The van der Waals surface area contributed by atoms with Crippen LogP contribution in [0.5, 0.6) is 11.5 Å². The fourth-order valence-corrected chi connectivity index (χ4v) is 3.35. The average Bonchev–Trinajstić information content (AvgIpc) is 2.67. The summed E-state index contributed by atoms with van der Waals surface area (Å²) in [6.07, 6.45) is 0. The maximum Gasteiger partial charge on any atom is 0.260 e. The molecule has 1 aliphatic rings. The first-order valence-corrected chi connectivity index (χ1v) is 9.18. The van der Waals surface area contributed by atoms with Crippen LogP contribution in [0.4, 0.5) is 4.39 Å². The molecule has 2 aromatic rings. The van der Waals surface area contributed by atoms with Gasteiger partial charge in [-0.2, -0.15) is 0 Å². The van der Waals surface area contributed by atoms with Crippen LogP contribution in [0.3, 0.4) is 0 Å². The van der Waals surface area contributed by atoms with Crippen molar-refractivity contribution in [1.29, 1.82) is 0 Å². The standard InChI is InChI=1S/C21H25FN2O3/c1-16-4-3-5-19(12-16)27-15-21(25)24-10-8-23(9-11-24)14-17-13-18(22)6-7-20(17)26-2/h3-7,12-13H,8-11,14-15H2,1-2H3/p+1. The third-order valence-corrected chi connectivity index (χ3v) is 4.86. The van der Waals surface area contributed by atoms with Gasteiger partial charge in [0.25, 0.3) is 5.91 Å². The van der Waals surface area contributed by atoms with Crippen LogP contribution < -0.4 is 14.4 Å². The predicted octanol–water partition coefficient (Wildman–Crippen LogP) is 1.45. The monoisotopic (exact) mass is 373 g/mol. The number of hydrogen-bond donors (Lipinski definition) is 1. The third-order valence-electron chi connectivity index (χ3n) is 4.86. The number of benzene rings is 2. The van der Waals surface area contributed by atoms with Crippen LogP contribution in [0.25, 0.3) is 0 Å². The van der Waals surface area contributed by atoms with Gasteiger partial charge in [0.2, 0.25) is 0 Å². The van der Waals surface area contributed by atoms with Crippen molar-refractivity contribution in [2.75, 3.05) is 39.9 Å². The molecule has 2 aromatic carbocycles. The smallest absolute Gasteiger partial charge is 0.260 e. The van der Waals surface area contributed by atoms with E-state index in [9.17, 15) is 9.18 Å². The van der Waals surface area contributed by atoms with Gasteiger partial charge in [0.05, 0.1) is 38.9 Å². The molecule has 0 radical (unpaired) electrons. The van der Waals surface area contributed by atoms with Crippen molar-refractivity contribution in [3.63, 3.8) is 0 Å². The third kappa shape index (κ3) is 5.20. The number of quaternary nitrogens is 1. The summed E-state index contributed by atoms with van der Waals surface area (Å²) in [6.45, 7) is 5.70. The number of carbonyl (C=O) groups is 1. The minimum Gasteiger partial charge on any atom is -0.496 e. The Hall–Kier alpha value is -2.60. The Bertz CT molecular complexity index is 789. The van der Waals surface area contributed by atoms with Gasteiger partial charge in [-0.15, -0.1) is 0 Å². The van der Waals surface area contributed by atoms with Crippen LogP contribution in [0.2, 0.25) is 0 Å². The molecule has 1 fully saturated rings. The highest BCUT2D eigenvalue weighted by atomic mass is 19.1. The molecule has 144 valence electrons. The van der Waals surface area contributed by atoms with Crippen molar-refractivity contribution in [3.8, 4) is 11.5 Å². The Morgan fingerprint density at radius 3 is 2.67 bits per heavy atom. The summed E-state index contributed by atoms with van der Waals surface area (Å²) in [4.78, 5) is 15.5. The van der Waals surface area contributed by atoms with Crippen molar-refractivity contribution >= 4 is 5.91 Å². The summed E-state index contributed by atoms with van der Waals surface area (Å²) >= 11 is 0. The minimum absolute atomic E-state index is 0.00103. The quantitative estimate of drug-likeness (QED) is 0.834. The number of piperazine rings is 1. The Kier molecular flexibility index (Phi) is 6.29. The van der Waals surface area contributed by atoms with Crippen LogP contribution in [-0.4, -0.2) is 50.7 Å². The molecule has 3 rings (SSSR count). The van der Waals surface area contributed by atoms with Crippen LogP contribution in [0.15, 0.2) is 42.5 Å². The van der Waals surface area contributed by atoms with Gasteiger partial charge in [-0.1, -0.05) is 12.1 Å². The van der Waals surface area contributed by atoms with E-state index in [-0.39, 0.29) is 18.3 Å². The molecule has 5 nitrogen and oxygen atoms in total. The predicted molar refractivity (Wildman–Crippen MR) is 101 cm³/mol. The van der Waals surface area contributed by atoms with Crippen molar-refractivity contribution < 1.29 is 23.6 Å². The minimum atomic E-state index is -0.257. The zero-order valence-electron chi connectivity index (χ0n) is 15.8. The van der Waals surface area contributed by atoms with Crippen LogP contribution >= 0.6 is 0 Å². The molecule has 1 N–H and O–H groups in total. The average molecular weight is 373 g/mol. The summed E-state index contributed by atoms with van der Waals surface area (Å²) in [5.74, 6) is 1.16. The maximum absolute atomic E-state index is 13.5. The van der Waals surface area contributed by atoms with Gasteiger partial charge >= 0.3 is 0 Å². The number of nitrogens with one attached hydrogen (secondary N) is 1. The lowest BCUT2D eigenvalue weighted by Crippen LogP contribution is -3.13. The molecule has 0 bridgehead atoms. The first-order valence-electron chi connectivity index (χ1n) is 9.18. The summed E-state index contributed by atoms with van der Waals surface area (Å²) in [5.41, 5.74) is 1.96. The second-order valence-electron chi connectivity index (χ2n) is 6.87. The highest BCUT2D eigenvalue weighted by Gasteiger charge is 2.25. The van der Waals surface area contributed by atoms with E-state index in [0.717, 1.165) is 24.2 Å². The zero-order chi connectivity index (χ0) is 19.2. The summed E-state index contributed by atoms with van der Waals surface area (Å²) < 4.78 is 24.5. The molecule has 1 amide bonds. The molecular formula is C21H26FN2O3+. The van der Waals surface area contributed by atoms with Gasteiger partial charge in [-0.3, -0.25) is 4.79 Å². The van der Waals surface area contributed by atoms with Crippen LogP contribution in [0.1, 0.15) is 11.1 Å². The summed E-state index contributed by atoms with van der Waals surface area (Å²) in [5, 5.41) is 0. The van der Waals surface area contributed by atoms with Crippen molar-refractivity contribution in [3.05, 3.63) is 59.4 Å². The Morgan fingerprint density at radius 2 is 1.96 bits per heavy atom. The number of rotatable bonds is 6. The van der Waals surface area contributed by atoms with E-state index in [2.05, 4.69) is 0 Å². The Balaban J connectivity index is 1.48. The second kappa shape index (κ2) is 8.86. The van der Waals surface area contributed by atoms with E-state index in [1.54, 1.807) is 13.2 Å². The molecule has 0 spiro atoms. The Labute approximate surface area is 159 Å². The number of methoxy groups -OCH3 is 1. The number of nitrogens with zero attached hydrogens (tertiary/aromatic N) is 1. The lowest BCUT2D eigenvalue weighted by atomic mass is 10.1. The number of aryl methyl sites for hydroxylation is 1. The largest absolute Gasteiger partial charge is 0.496 e. The van der Waals surface area contributed by atoms with Gasteiger partial charge in [0.1, 0.15) is 23.9 Å². The highest BCUT2D eigenvalue weighted by Crippen LogP contribution is 2.18.